The van der Waals surface area contributed by atoms with Gasteiger partial charge in [0, 0.05) is 13.8 Å². The molecule has 0 radical (unpaired) electrons. The zero-order chi connectivity index (χ0) is 29.9. The van der Waals surface area contributed by atoms with E-state index in [-0.39, 0.29) is 0 Å². The van der Waals surface area contributed by atoms with Crippen molar-refractivity contribution >= 4 is 11.8 Å². The van der Waals surface area contributed by atoms with Gasteiger partial charge < -0.3 is 80.3 Å². The Morgan fingerprint density at radius 3 is 1.55 bits per heavy atom. The van der Waals surface area contributed by atoms with Crippen molar-refractivity contribution in [2.24, 2.45) is 0 Å². The number of ether oxygens (including phenoxy) is 5. The lowest BCUT2D eigenvalue weighted by Crippen LogP contribution is -2.70. The Hall–Kier alpha value is -1.62. The number of aliphatic hydroxyl groups excluding tert-OH is 9. The molecule has 11 N–H and O–H groups in total. The van der Waals surface area contributed by atoms with Crippen molar-refractivity contribution < 1.29 is 79.2 Å². The van der Waals surface area contributed by atoms with Crippen molar-refractivity contribution in [1.82, 2.24) is 10.6 Å². The molecule has 0 saturated carbocycles. The van der Waals surface area contributed by atoms with Crippen molar-refractivity contribution in [2.45, 2.75) is 106 Å². The summed E-state index contributed by atoms with van der Waals surface area (Å²) >= 11 is 0. The Labute approximate surface area is 228 Å². The molecule has 2 amide bonds. The van der Waals surface area contributed by atoms with E-state index in [4.69, 9.17) is 23.7 Å². The van der Waals surface area contributed by atoms with Gasteiger partial charge in [0.05, 0.1) is 19.8 Å². The second-order valence-corrected chi connectivity index (χ2v) is 9.81. The van der Waals surface area contributed by atoms with Gasteiger partial charge >= 0.3 is 0 Å². The summed E-state index contributed by atoms with van der Waals surface area (Å²) in [5.74, 6) is -1.34. The summed E-state index contributed by atoms with van der Waals surface area (Å²) in [7, 11) is 0. The fourth-order valence-corrected chi connectivity index (χ4v) is 4.86. The highest BCUT2D eigenvalue weighted by atomic mass is 16.7. The van der Waals surface area contributed by atoms with Gasteiger partial charge in [-0.2, -0.15) is 0 Å². The minimum absolute atomic E-state index is 0.647. The summed E-state index contributed by atoms with van der Waals surface area (Å²) in [6, 6.07) is -2.90. The summed E-state index contributed by atoms with van der Waals surface area (Å²) in [6.45, 7) is -0.140. The fourth-order valence-electron chi connectivity index (χ4n) is 4.86. The molecule has 15 atom stereocenters. The van der Waals surface area contributed by atoms with Crippen molar-refractivity contribution in [1.29, 1.82) is 0 Å². The molecule has 0 aliphatic carbocycles. The quantitative estimate of drug-likeness (QED) is 0.120. The second-order valence-electron chi connectivity index (χ2n) is 9.81. The third-order valence-corrected chi connectivity index (χ3v) is 6.90. The van der Waals surface area contributed by atoms with E-state index < -0.39 is 124 Å². The van der Waals surface area contributed by atoms with Crippen LogP contribution < -0.4 is 10.6 Å². The van der Waals surface area contributed by atoms with Crippen LogP contribution in [0.25, 0.3) is 0 Å². The number of hydrogen-bond donors (Lipinski definition) is 11. The van der Waals surface area contributed by atoms with Gasteiger partial charge in [0.15, 0.2) is 18.9 Å². The first kappa shape index (κ1) is 32.9. The molecule has 3 heterocycles. The number of carbonyl (C=O) groups excluding carboxylic acids is 2. The Balaban J connectivity index is 1.95. The molecule has 18 nitrogen and oxygen atoms in total. The van der Waals surface area contributed by atoms with Gasteiger partial charge in [0.2, 0.25) is 11.8 Å². The van der Waals surface area contributed by atoms with E-state index in [1.165, 1.54) is 0 Å². The Kier molecular flexibility index (Phi) is 11.5. The van der Waals surface area contributed by atoms with E-state index in [9.17, 15) is 55.5 Å². The lowest BCUT2D eigenvalue weighted by Gasteiger charge is -2.49. The number of hydrogen-bond acceptors (Lipinski definition) is 16. The van der Waals surface area contributed by atoms with E-state index in [1.54, 1.807) is 0 Å². The van der Waals surface area contributed by atoms with Gasteiger partial charge in [-0.15, -0.1) is 0 Å². The maximum absolute atomic E-state index is 12.1. The zero-order valence-corrected chi connectivity index (χ0v) is 21.7. The monoisotopic (exact) mass is 586 g/mol. The normalized spacial score (nSPS) is 46.0. The summed E-state index contributed by atoms with van der Waals surface area (Å²) in [6.07, 6.45) is -21.4. The first-order chi connectivity index (χ1) is 18.8. The van der Waals surface area contributed by atoms with Crippen LogP contribution >= 0.6 is 0 Å². The lowest BCUT2D eigenvalue weighted by atomic mass is 9.94. The molecular formula is C22H38N2O16. The van der Waals surface area contributed by atoms with Crippen molar-refractivity contribution in [3.05, 3.63) is 0 Å². The molecule has 3 aliphatic rings. The van der Waals surface area contributed by atoms with Crippen LogP contribution in [-0.2, 0) is 33.3 Å². The average Bonchev–Trinajstić information content (AvgIpc) is 2.90. The average molecular weight is 587 g/mol. The van der Waals surface area contributed by atoms with Crippen LogP contribution in [-0.4, -0.2) is 170 Å². The van der Waals surface area contributed by atoms with Crippen molar-refractivity contribution in [3.8, 4) is 0 Å². The summed E-state index contributed by atoms with van der Waals surface area (Å²) in [5, 5.41) is 96.5. The maximum atomic E-state index is 12.1. The molecule has 0 aromatic carbocycles. The smallest absolute Gasteiger partial charge is 0.217 e. The topological polar surface area (TPSA) is 286 Å². The van der Waals surface area contributed by atoms with Crippen LogP contribution in [0.2, 0.25) is 0 Å². The molecule has 0 bridgehead atoms. The van der Waals surface area contributed by atoms with Crippen molar-refractivity contribution in [2.75, 3.05) is 19.8 Å². The molecule has 15 unspecified atom stereocenters. The minimum atomic E-state index is -1.89. The lowest BCUT2D eigenvalue weighted by molar-refractivity contribution is -0.356. The molecule has 3 aliphatic heterocycles. The molecule has 3 rings (SSSR count). The molecule has 3 saturated heterocycles. The van der Waals surface area contributed by atoms with E-state index in [2.05, 4.69) is 10.6 Å². The zero-order valence-electron chi connectivity index (χ0n) is 21.7. The molecule has 232 valence electrons. The first-order valence-electron chi connectivity index (χ1n) is 12.6. The van der Waals surface area contributed by atoms with E-state index >= 15 is 0 Å². The molecule has 0 aromatic rings. The largest absolute Gasteiger partial charge is 0.394 e. The molecule has 40 heavy (non-hydrogen) atoms. The first-order valence-corrected chi connectivity index (χ1v) is 12.6. The van der Waals surface area contributed by atoms with Crippen LogP contribution in [0.15, 0.2) is 0 Å². The summed E-state index contributed by atoms with van der Waals surface area (Å²) in [5.41, 5.74) is 0. The minimum Gasteiger partial charge on any atom is -0.394 e. The highest BCUT2D eigenvalue weighted by molar-refractivity contribution is 5.73. The van der Waals surface area contributed by atoms with Crippen LogP contribution in [0.4, 0.5) is 0 Å². The predicted molar refractivity (Wildman–Crippen MR) is 124 cm³/mol. The number of aliphatic hydroxyl groups is 9. The molecule has 3 fully saturated rings. The van der Waals surface area contributed by atoms with Gasteiger partial charge in [0.1, 0.15) is 73.1 Å². The maximum Gasteiger partial charge on any atom is 0.217 e. The van der Waals surface area contributed by atoms with Crippen LogP contribution in [0.1, 0.15) is 13.8 Å². The van der Waals surface area contributed by atoms with Crippen LogP contribution in [0.5, 0.6) is 0 Å². The van der Waals surface area contributed by atoms with Gasteiger partial charge in [0.25, 0.3) is 0 Å². The Morgan fingerprint density at radius 1 is 0.600 bits per heavy atom. The molecule has 0 spiro atoms. The standard InChI is InChI=1S/C22H38N2O16/c1-6(28)23-11-18(14(31)9(4-26)36-20(11)35)39-21-12(24-7(2)29)19(15(32)10(5-27)37-21)40-22-17(34)16(33)13(30)8(3-25)38-22/h8-22,25-27,30-35H,3-5H2,1-2H3,(H,23,28)(H,24,29). The van der Waals surface area contributed by atoms with Crippen LogP contribution in [0.3, 0.4) is 0 Å². The van der Waals surface area contributed by atoms with Gasteiger partial charge in [-0.3, -0.25) is 9.59 Å². The predicted octanol–water partition coefficient (Wildman–Crippen LogP) is -7.29. The SMILES string of the molecule is CC(=O)NC1C(O)OC(CO)C(O)C1OC1OC(CO)C(O)C(OC2OC(CO)C(O)C(O)C2O)C1NC(C)=O. The number of carbonyl (C=O) groups is 2. The van der Waals surface area contributed by atoms with E-state index in [0.29, 0.717) is 0 Å². The second kappa shape index (κ2) is 14.0. The molecular weight excluding hydrogens is 548 g/mol. The molecule has 0 aromatic heterocycles. The fraction of sp³-hybridized carbons (Fsp3) is 0.909. The summed E-state index contributed by atoms with van der Waals surface area (Å²) in [4.78, 5) is 23.9. The van der Waals surface area contributed by atoms with Crippen LogP contribution in [0, 0.1) is 0 Å². The van der Waals surface area contributed by atoms with Gasteiger partial charge in [-0.1, -0.05) is 0 Å². The van der Waals surface area contributed by atoms with Gasteiger partial charge in [-0.25, -0.2) is 0 Å². The van der Waals surface area contributed by atoms with Gasteiger partial charge in [-0.05, 0) is 0 Å². The number of amides is 2. The highest BCUT2D eigenvalue weighted by Crippen LogP contribution is 2.32. The number of rotatable bonds is 9. The Morgan fingerprint density at radius 2 is 1.02 bits per heavy atom. The third-order valence-electron chi connectivity index (χ3n) is 6.90. The number of nitrogens with one attached hydrogen (secondary N) is 2. The molecule has 18 heteroatoms. The van der Waals surface area contributed by atoms with E-state index in [1.807, 2.05) is 0 Å². The third kappa shape index (κ3) is 7.05. The summed E-state index contributed by atoms with van der Waals surface area (Å²) < 4.78 is 27.7. The van der Waals surface area contributed by atoms with E-state index in [0.717, 1.165) is 13.8 Å². The Bertz CT molecular complexity index is 852. The van der Waals surface area contributed by atoms with Crippen molar-refractivity contribution in [3.63, 3.8) is 0 Å². The highest BCUT2D eigenvalue weighted by Gasteiger charge is 2.54.